The molecule has 3 aromatic rings. The monoisotopic (exact) mass is 476 g/mol. The summed E-state index contributed by atoms with van der Waals surface area (Å²) >= 11 is 6.36. The van der Waals surface area contributed by atoms with Gasteiger partial charge in [-0.2, -0.15) is 0 Å². The van der Waals surface area contributed by atoms with E-state index in [0.717, 1.165) is 35.1 Å². The van der Waals surface area contributed by atoms with Crippen LogP contribution in [0.4, 0.5) is 0 Å². The molecule has 3 aromatic carbocycles. The van der Waals surface area contributed by atoms with Gasteiger partial charge in [0.05, 0.1) is 6.42 Å². The van der Waals surface area contributed by atoms with E-state index in [4.69, 9.17) is 11.6 Å². The van der Waals surface area contributed by atoms with Crippen molar-refractivity contribution in [2.45, 2.75) is 52.1 Å². The molecule has 0 fully saturated rings. The lowest BCUT2D eigenvalue weighted by Gasteiger charge is -2.32. The summed E-state index contributed by atoms with van der Waals surface area (Å²) in [6.45, 7) is 5.06. The van der Waals surface area contributed by atoms with E-state index in [9.17, 15) is 9.59 Å². The number of aryl methyl sites for hydroxylation is 1. The van der Waals surface area contributed by atoms with Crippen LogP contribution in [0.2, 0.25) is 5.02 Å². The van der Waals surface area contributed by atoms with Crippen molar-refractivity contribution in [1.29, 1.82) is 0 Å². The highest BCUT2D eigenvalue weighted by molar-refractivity contribution is 6.31. The number of nitrogens with one attached hydrogen (secondary N) is 1. The zero-order valence-corrected chi connectivity index (χ0v) is 20.7. The highest BCUT2D eigenvalue weighted by Gasteiger charge is 2.30. The van der Waals surface area contributed by atoms with Crippen LogP contribution < -0.4 is 5.32 Å². The van der Waals surface area contributed by atoms with Crippen molar-refractivity contribution in [1.82, 2.24) is 10.2 Å². The van der Waals surface area contributed by atoms with Gasteiger partial charge in [-0.05, 0) is 36.1 Å². The second-order valence-electron chi connectivity index (χ2n) is 8.63. The fourth-order valence-corrected chi connectivity index (χ4v) is 4.18. The van der Waals surface area contributed by atoms with Gasteiger partial charge in [0, 0.05) is 24.5 Å². The number of rotatable bonds is 11. The SMILES string of the molecule is CCCCNC(=O)C(Cc1ccccc1)N(Cc1cccc(C)c1)C(=O)Cc1ccccc1Cl. The van der Waals surface area contributed by atoms with Gasteiger partial charge in [0.15, 0.2) is 0 Å². The van der Waals surface area contributed by atoms with Crippen LogP contribution in [0, 0.1) is 6.92 Å². The molecule has 0 aliphatic carbocycles. The van der Waals surface area contributed by atoms with Gasteiger partial charge in [-0.25, -0.2) is 0 Å². The smallest absolute Gasteiger partial charge is 0.243 e. The number of carbonyl (C=O) groups excluding carboxylic acids is 2. The Bertz CT molecular complexity index is 1080. The molecule has 4 nitrogen and oxygen atoms in total. The van der Waals surface area contributed by atoms with Crippen LogP contribution in [0.25, 0.3) is 0 Å². The number of benzene rings is 3. The Balaban J connectivity index is 1.95. The molecule has 0 saturated carbocycles. The highest BCUT2D eigenvalue weighted by Crippen LogP contribution is 2.20. The average Bonchev–Trinajstić information content (AvgIpc) is 2.83. The lowest BCUT2D eigenvalue weighted by atomic mass is 10.0. The maximum absolute atomic E-state index is 13.7. The minimum Gasteiger partial charge on any atom is -0.354 e. The van der Waals surface area contributed by atoms with Gasteiger partial charge in [-0.15, -0.1) is 0 Å². The Morgan fingerprint density at radius 3 is 2.35 bits per heavy atom. The second kappa shape index (κ2) is 13.0. The minimum absolute atomic E-state index is 0.124. The van der Waals surface area contributed by atoms with Crippen LogP contribution in [0.3, 0.4) is 0 Å². The summed E-state index contributed by atoms with van der Waals surface area (Å²) in [6.07, 6.45) is 2.47. The Hall–Kier alpha value is -3.11. The summed E-state index contributed by atoms with van der Waals surface area (Å²) in [5.74, 6) is -0.251. The Morgan fingerprint density at radius 2 is 1.65 bits per heavy atom. The molecule has 0 spiro atoms. The standard InChI is InChI=1S/C29H33ClN2O2/c1-3-4-17-31-29(34)27(19-23-12-6-5-7-13-23)32(21-24-14-10-11-22(2)18-24)28(33)20-25-15-8-9-16-26(25)30/h5-16,18,27H,3-4,17,19-21H2,1-2H3,(H,31,34). The number of hydrogen-bond acceptors (Lipinski definition) is 2. The molecule has 1 N–H and O–H groups in total. The maximum atomic E-state index is 13.7. The van der Waals surface area contributed by atoms with Crippen LogP contribution in [-0.4, -0.2) is 29.3 Å². The number of halogens is 1. The lowest BCUT2D eigenvalue weighted by Crippen LogP contribution is -2.51. The van der Waals surface area contributed by atoms with Crippen molar-refractivity contribution in [3.63, 3.8) is 0 Å². The predicted octanol–water partition coefficient (Wildman–Crippen LogP) is 5.75. The van der Waals surface area contributed by atoms with Crippen molar-refractivity contribution in [3.05, 3.63) is 106 Å². The summed E-state index contributed by atoms with van der Waals surface area (Å²) in [6, 6.07) is 24.7. The van der Waals surface area contributed by atoms with Gasteiger partial charge < -0.3 is 10.2 Å². The van der Waals surface area contributed by atoms with E-state index >= 15 is 0 Å². The van der Waals surface area contributed by atoms with Gasteiger partial charge in [0.2, 0.25) is 11.8 Å². The van der Waals surface area contributed by atoms with Gasteiger partial charge in [-0.1, -0.05) is 103 Å². The molecule has 1 atom stereocenters. The first kappa shape index (κ1) is 25.5. The van der Waals surface area contributed by atoms with Crippen LogP contribution in [0.1, 0.15) is 42.0 Å². The molecule has 0 bridgehead atoms. The molecule has 3 rings (SSSR count). The molecule has 5 heteroatoms. The Morgan fingerprint density at radius 1 is 0.941 bits per heavy atom. The first-order valence-corrected chi connectivity index (χ1v) is 12.3. The fraction of sp³-hybridized carbons (Fsp3) is 0.310. The molecular weight excluding hydrogens is 444 g/mol. The molecule has 1 unspecified atom stereocenters. The first-order chi connectivity index (χ1) is 16.5. The number of amides is 2. The number of unbranched alkanes of at least 4 members (excludes halogenated alkanes) is 1. The zero-order valence-electron chi connectivity index (χ0n) is 20.0. The molecular formula is C29H33ClN2O2. The van der Waals surface area contributed by atoms with E-state index in [-0.39, 0.29) is 18.2 Å². The molecule has 0 aliphatic rings. The largest absolute Gasteiger partial charge is 0.354 e. The summed E-state index contributed by atoms with van der Waals surface area (Å²) in [5.41, 5.74) is 3.88. The summed E-state index contributed by atoms with van der Waals surface area (Å²) in [5, 5.41) is 3.61. The fourth-order valence-electron chi connectivity index (χ4n) is 3.97. The maximum Gasteiger partial charge on any atom is 0.243 e. The molecule has 0 saturated heterocycles. The molecule has 34 heavy (non-hydrogen) atoms. The lowest BCUT2D eigenvalue weighted by molar-refractivity contribution is -0.140. The predicted molar refractivity (Wildman–Crippen MR) is 139 cm³/mol. The number of nitrogens with zero attached hydrogens (tertiary/aromatic N) is 1. The van der Waals surface area contributed by atoms with Crippen LogP contribution in [0.5, 0.6) is 0 Å². The zero-order chi connectivity index (χ0) is 24.3. The molecule has 0 aromatic heterocycles. The molecule has 0 radical (unpaired) electrons. The van der Waals surface area contributed by atoms with Crippen molar-refractivity contribution in [3.8, 4) is 0 Å². The molecule has 178 valence electrons. The second-order valence-corrected chi connectivity index (χ2v) is 9.04. The van der Waals surface area contributed by atoms with E-state index in [1.165, 1.54) is 0 Å². The van der Waals surface area contributed by atoms with Crippen molar-refractivity contribution in [2.24, 2.45) is 0 Å². The molecule has 2 amide bonds. The quantitative estimate of drug-likeness (QED) is 0.358. The topological polar surface area (TPSA) is 49.4 Å². The first-order valence-electron chi connectivity index (χ1n) is 11.9. The third kappa shape index (κ3) is 7.46. The van der Waals surface area contributed by atoms with Crippen molar-refractivity contribution in [2.75, 3.05) is 6.54 Å². The van der Waals surface area contributed by atoms with Gasteiger partial charge >= 0.3 is 0 Å². The summed E-state index contributed by atoms with van der Waals surface area (Å²) < 4.78 is 0. The van der Waals surface area contributed by atoms with E-state index in [1.807, 2.05) is 73.7 Å². The van der Waals surface area contributed by atoms with Crippen molar-refractivity contribution >= 4 is 23.4 Å². The Labute approximate surface area is 207 Å². The Kier molecular flexibility index (Phi) is 9.72. The highest BCUT2D eigenvalue weighted by atomic mass is 35.5. The van der Waals surface area contributed by atoms with Crippen molar-refractivity contribution < 1.29 is 9.59 Å². The van der Waals surface area contributed by atoms with E-state index in [0.29, 0.717) is 24.5 Å². The van der Waals surface area contributed by atoms with Gasteiger partial charge in [-0.3, -0.25) is 9.59 Å². The molecule has 0 aliphatic heterocycles. The van der Waals surface area contributed by atoms with E-state index < -0.39 is 6.04 Å². The van der Waals surface area contributed by atoms with E-state index in [1.54, 1.807) is 11.0 Å². The third-order valence-electron chi connectivity index (χ3n) is 5.84. The van der Waals surface area contributed by atoms with Crippen LogP contribution >= 0.6 is 11.6 Å². The van der Waals surface area contributed by atoms with Crippen LogP contribution in [-0.2, 0) is 29.0 Å². The van der Waals surface area contributed by atoms with Gasteiger partial charge in [0.25, 0.3) is 0 Å². The van der Waals surface area contributed by atoms with Gasteiger partial charge in [0.1, 0.15) is 6.04 Å². The normalized spacial score (nSPS) is 11.6. The average molecular weight is 477 g/mol. The summed E-state index contributed by atoms with van der Waals surface area (Å²) in [7, 11) is 0. The summed E-state index contributed by atoms with van der Waals surface area (Å²) in [4.78, 5) is 28.8. The number of hydrogen-bond donors (Lipinski definition) is 1. The van der Waals surface area contributed by atoms with E-state index in [2.05, 4.69) is 18.3 Å². The minimum atomic E-state index is -0.630. The third-order valence-corrected chi connectivity index (χ3v) is 6.20. The van der Waals surface area contributed by atoms with Crippen LogP contribution in [0.15, 0.2) is 78.9 Å². The number of carbonyl (C=O) groups is 2. The molecule has 0 heterocycles.